The van der Waals surface area contributed by atoms with Gasteiger partial charge in [-0.3, -0.25) is 24.3 Å². The van der Waals surface area contributed by atoms with Gasteiger partial charge < -0.3 is 5.32 Å². The highest BCUT2D eigenvalue weighted by Gasteiger charge is 2.44. The van der Waals surface area contributed by atoms with Crippen molar-refractivity contribution in [3.8, 4) is 0 Å². The molecular weight excluding hydrogens is 509 g/mol. The van der Waals surface area contributed by atoms with E-state index in [1.165, 1.54) is 4.68 Å². The molecule has 3 rings (SSSR count). The maximum atomic E-state index is 13.0. The minimum atomic E-state index is -5.03. The number of aromatic nitrogens is 4. The van der Waals surface area contributed by atoms with Crippen molar-refractivity contribution < 1.29 is 22.9 Å². The Labute approximate surface area is 186 Å². The lowest BCUT2D eigenvalue weighted by Gasteiger charge is -2.05. The van der Waals surface area contributed by atoms with Gasteiger partial charge in [0, 0.05) is 11.2 Å². The summed E-state index contributed by atoms with van der Waals surface area (Å²) in [7, 11) is 0. The fourth-order valence-electron chi connectivity index (χ4n) is 2.77. The van der Waals surface area contributed by atoms with Crippen molar-refractivity contribution in [3.63, 3.8) is 0 Å². The molecule has 0 spiro atoms. The molecule has 2 heterocycles. The zero-order valence-electron chi connectivity index (χ0n) is 15.7. The predicted octanol–water partition coefficient (Wildman–Crippen LogP) is 4.42. The van der Waals surface area contributed by atoms with Gasteiger partial charge in [0.15, 0.2) is 5.82 Å². The third-order valence-electron chi connectivity index (χ3n) is 4.18. The highest BCUT2D eigenvalue weighted by Crippen LogP contribution is 2.37. The number of amides is 1. The van der Waals surface area contributed by atoms with E-state index >= 15 is 0 Å². The van der Waals surface area contributed by atoms with E-state index in [0.717, 1.165) is 12.5 Å². The normalized spacial score (nSPS) is 11.5. The molecule has 0 bridgehead atoms. The summed E-state index contributed by atoms with van der Waals surface area (Å²) in [5.74, 6) is -0.648. The zero-order chi connectivity index (χ0) is 22.9. The van der Waals surface area contributed by atoms with Gasteiger partial charge in [-0.15, -0.1) is 0 Å². The van der Waals surface area contributed by atoms with Crippen molar-refractivity contribution in [1.29, 1.82) is 0 Å². The lowest BCUT2D eigenvalue weighted by molar-refractivity contribution is -0.388. The first kappa shape index (κ1) is 22.7. The minimum Gasteiger partial charge on any atom is -0.307 e. The Bertz CT molecular complexity index is 1160. The second-order valence-corrected chi connectivity index (χ2v) is 7.62. The quantitative estimate of drug-likeness (QED) is 0.382. The van der Waals surface area contributed by atoms with Crippen LogP contribution >= 0.6 is 27.5 Å². The number of halogens is 5. The number of rotatable bonds is 6. The molecule has 0 aliphatic carbocycles. The van der Waals surface area contributed by atoms with E-state index in [1.54, 1.807) is 18.3 Å². The monoisotopic (exact) mass is 520 g/mol. The van der Waals surface area contributed by atoms with Crippen LogP contribution in [0.4, 0.5) is 24.7 Å². The van der Waals surface area contributed by atoms with Crippen LogP contribution in [0.3, 0.4) is 0 Å². The number of benzene rings is 1. The van der Waals surface area contributed by atoms with Crippen LogP contribution in [0.1, 0.15) is 17.0 Å². The second kappa shape index (κ2) is 8.67. The van der Waals surface area contributed by atoms with Crippen molar-refractivity contribution in [1.82, 2.24) is 19.6 Å². The molecule has 2 aromatic heterocycles. The van der Waals surface area contributed by atoms with Crippen molar-refractivity contribution in [2.75, 3.05) is 5.32 Å². The van der Waals surface area contributed by atoms with Gasteiger partial charge in [-0.2, -0.15) is 23.4 Å². The average Bonchev–Trinajstić information content (AvgIpc) is 3.17. The molecule has 1 aromatic carbocycles. The Kier molecular flexibility index (Phi) is 6.36. The van der Waals surface area contributed by atoms with Crippen molar-refractivity contribution in [2.24, 2.45) is 0 Å². The number of anilines is 1. The number of hydrogen-bond donors (Lipinski definition) is 1. The number of nitro groups is 1. The van der Waals surface area contributed by atoms with E-state index in [-0.39, 0.29) is 5.82 Å². The van der Waals surface area contributed by atoms with Crippen molar-refractivity contribution >= 4 is 44.9 Å². The predicted molar refractivity (Wildman–Crippen MR) is 108 cm³/mol. The van der Waals surface area contributed by atoms with Gasteiger partial charge in [0.1, 0.15) is 12.2 Å². The van der Waals surface area contributed by atoms with Gasteiger partial charge in [-0.1, -0.05) is 29.8 Å². The molecule has 3 aromatic rings. The molecule has 31 heavy (non-hydrogen) atoms. The van der Waals surface area contributed by atoms with Crippen LogP contribution in [0, 0.1) is 17.0 Å². The summed E-state index contributed by atoms with van der Waals surface area (Å²) in [6.07, 6.45) is -3.44. The lowest BCUT2D eigenvalue weighted by Crippen LogP contribution is -2.21. The number of alkyl halides is 3. The number of nitrogens with one attached hydrogen (secondary N) is 1. The first-order valence-electron chi connectivity index (χ1n) is 8.52. The summed E-state index contributed by atoms with van der Waals surface area (Å²) in [4.78, 5) is 22.2. The summed E-state index contributed by atoms with van der Waals surface area (Å²) in [5.41, 5.74) is -2.45. The molecule has 1 N–H and O–H groups in total. The SMILES string of the molecule is Cc1c([N+](=O)[O-])c(C(F)(F)F)nn1CC(=O)Nc1nn(Cc2ccccc2Cl)cc1Br. The van der Waals surface area contributed by atoms with Crippen LogP contribution in [-0.4, -0.2) is 30.4 Å². The van der Waals surface area contributed by atoms with E-state index in [2.05, 4.69) is 31.4 Å². The van der Waals surface area contributed by atoms with E-state index in [1.807, 2.05) is 12.1 Å². The Balaban J connectivity index is 1.77. The third kappa shape index (κ3) is 5.05. The van der Waals surface area contributed by atoms with Gasteiger partial charge in [0.05, 0.1) is 15.9 Å². The summed E-state index contributed by atoms with van der Waals surface area (Å²) in [6.45, 7) is 0.724. The molecule has 0 fully saturated rings. The Morgan fingerprint density at radius 1 is 1.32 bits per heavy atom. The molecular formula is C17H13BrClF3N6O3. The standard InChI is InChI=1S/C17H13BrClF3N6O3/c1-9-14(28(30)31)15(17(20,21)22)24-27(9)8-13(29)23-16-11(18)7-26(25-16)6-10-4-2-3-5-12(10)19/h2-5,7H,6,8H2,1H3,(H,23,25,29). The first-order chi connectivity index (χ1) is 14.5. The van der Waals surface area contributed by atoms with Gasteiger partial charge in [-0.25, -0.2) is 0 Å². The molecule has 1 amide bonds. The fraction of sp³-hybridized carbons (Fsp3) is 0.235. The van der Waals surface area contributed by atoms with E-state index < -0.39 is 40.6 Å². The summed E-state index contributed by atoms with van der Waals surface area (Å²) in [5, 5.41) is 21.4. The molecule has 9 nitrogen and oxygen atoms in total. The highest BCUT2D eigenvalue weighted by molar-refractivity contribution is 9.10. The molecule has 164 valence electrons. The number of carbonyl (C=O) groups is 1. The third-order valence-corrected chi connectivity index (χ3v) is 5.13. The second-order valence-electron chi connectivity index (χ2n) is 6.36. The van der Waals surface area contributed by atoms with Crippen molar-refractivity contribution in [2.45, 2.75) is 26.2 Å². The minimum absolute atomic E-state index is 0.118. The molecule has 0 saturated carbocycles. The molecule has 0 aliphatic rings. The molecule has 0 aliphatic heterocycles. The van der Waals surface area contributed by atoms with Gasteiger partial charge in [-0.05, 0) is 34.5 Å². The smallest absolute Gasteiger partial charge is 0.307 e. The van der Waals surface area contributed by atoms with Crippen LogP contribution in [0.25, 0.3) is 0 Å². The van der Waals surface area contributed by atoms with Crippen LogP contribution in [-0.2, 0) is 24.1 Å². The fourth-order valence-corrected chi connectivity index (χ4v) is 3.38. The lowest BCUT2D eigenvalue weighted by atomic mass is 10.2. The highest BCUT2D eigenvalue weighted by atomic mass is 79.9. The molecule has 0 radical (unpaired) electrons. The summed E-state index contributed by atoms with van der Waals surface area (Å²) in [6, 6.07) is 7.12. The Morgan fingerprint density at radius 3 is 2.58 bits per heavy atom. The topological polar surface area (TPSA) is 108 Å². The molecule has 0 atom stereocenters. The van der Waals surface area contributed by atoms with Crippen LogP contribution in [0.2, 0.25) is 5.02 Å². The summed E-state index contributed by atoms with van der Waals surface area (Å²) >= 11 is 9.37. The van der Waals surface area contributed by atoms with Gasteiger partial charge in [0.2, 0.25) is 11.6 Å². The van der Waals surface area contributed by atoms with Gasteiger partial charge >= 0.3 is 11.9 Å². The number of nitrogens with zero attached hydrogens (tertiary/aromatic N) is 5. The number of hydrogen-bond acceptors (Lipinski definition) is 5. The van der Waals surface area contributed by atoms with Crippen LogP contribution in [0.5, 0.6) is 0 Å². The van der Waals surface area contributed by atoms with Crippen LogP contribution in [0.15, 0.2) is 34.9 Å². The van der Waals surface area contributed by atoms with Crippen molar-refractivity contribution in [3.05, 3.63) is 67.0 Å². The van der Waals surface area contributed by atoms with E-state index in [4.69, 9.17) is 11.6 Å². The van der Waals surface area contributed by atoms with E-state index in [0.29, 0.717) is 20.7 Å². The Morgan fingerprint density at radius 2 is 2.00 bits per heavy atom. The molecule has 14 heteroatoms. The maximum absolute atomic E-state index is 13.0. The molecule has 0 saturated heterocycles. The largest absolute Gasteiger partial charge is 0.442 e. The Hall–Kier alpha value is -2.93. The average molecular weight is 522 g/mol. The van der Waals surface area contributed by atoms with Gasteiger partial charge in [0.25, 0.3) is 0 Å². The summed E-state index contributed by atoms with van der Waals surface area (Å²) < 4.78 is 41.7. The zero-order valence-corrected chi connectivity index (χ0v) is 18.0. The van der Waals surface area contributed by atoms with E-state index in [9.17, 15) is 28.1 Å². The maximum Gasteiger partial charge on any atom is 0.442 e. The molecule has 0 unspecified atom stereocenters. The number of carbonyl (C=O) groups excluding carboxylic acids is 1. The van der Waals surface area contributed by atoms with Crippen LogP contribution < -0.4 is 5.32 Å². The first-order valence-corrected chi connectivity index (χ1v) is 9.69.